The summed E-state index contributed by atoms with van der Waals surface area (Å²) in [5.41, 5.74) is 5.00. The summed E-state index contributed by atoms with van der Waals surface area (Å²) in [4.78, 5) is 36.7. The molecule has 0 saturated heterocycles. The van der Waals surface area contributed by atoms with E-state index in [2.05, 4.69) is 10.6 Å². The summed E-state index contributed by atoms with van der Waals surface area (Å²) in [5, 5.41) is 23.6. The van der Waals surface area contributed by atoms with Crippen molar-refractivity contribution in [2.45, 2.75) is 31.3 Å². The standard InChI is InChI=1S/C27H26N2O6/c1-16(26(32)33)28-25(31)24(14-17-10-12-18(30)13-11-17)29-27(34)35-15-23-21-8-4-2-6-19(21)20-7-3-5-9-22(20)23/h2-13,16,23-24,30H,14-15H2,1H3,(H,28,31)(H,29,34)(H,32,33)/t16-,24+/m0/s1. The second-order valence-electron chi connectivity index (χ2n) is 8.46. The number of ether oxygens (including phenoxy) is 1. The zero-order valence-electron chi connectivity index (χ0n) is 19.1. The summed E-state index contributed by atoms with van der Waals surface area (Å²) in [6.07, 6.45) is -0.698. The first-order chi connectivity index (χ1) is 16.8. The molecule has 3 aromatic carbocycles. The monoisotopic (exact) mass is 474 g/mol. The Bertz CT molecular complexity index is 1190. The number of fused-ring (bicyclic) bond motifs is 3. The van der Waals surface area contributed by atoms with Crippen LogP contribution >= 0.6 is 0 Å². The van der Waals surface area contributed by atoms with Crippen LogP contribution in [-0.4, -0.2) is 46.9 Å². The van der Waals surface area contributed by atoms with E-state index in [4.69, 9.17) is 9.84 Å². The highest BCUT2D eigenvalue weighted by Gasteiger charge is 2.30. The summed E-state index contributed by atoms with van der Waals surface area (Å²) in [6.45, 7) is 1.42. The zero-order chi connectivity index (χ0) is 24.9. The first kappa shape index (κ1) is 23.8. The molecule has 4 N–H and O–H groups in total. The van der Waals surface area contributed by atoms with Gasteiger partial charge in [-0.25, -0.2) is 4.79 Å². The van der Waals surface area contributed by atoms with Crippen molar-refractivity contribution in [3.05, 3.63) is 89.5 Å². The van der Waals surface area contributed by atoms with E-state index in [1.165, 1.54) is 19.1 Å². The van der Waals surface area contributed by atoms with Crippen LogP contribution in [0.25, 0.3) is 11.1 Å². The number of phenols is 1. The summed E-state index contributed by atoms with van der Waals surface area (Å²) < 4.78 is 5.54. The van der Waals surface area contributed by atoms with E-state index < -0.39 is 30.1 Å². The third-order valence-electron chi connectivity index (χ3n) is 6.06. The largest absolute Gasteiger partial charge is 0.508 e. The van der Waals surface area contributed by atoms with Crippen molar-refractivity contribution in [1.29, 1.82) is 0 Å². The second kappa shape index (κ2) is 10.3. The lowest BCUT2D eigenvalue weighted by Gasteiger charge is -2.21. The fraction of sp³-hybridized carbons (Fsp3) is 0.222. The highest BCUT2D eigenvalue weighted by atomic mass is 16.5. The maximum absolute atomic E-state index is 12.8. The van der Waals surface area contributed by atoms with Gasteiger partial charge in [-0.15, -0.1) is 0 Å². The Hall–Kier alpha value is -4.33. The van der Waals surface area contributed by atoms with Crippen molar-refractivity contribution in [1.82, 2.24) is 10.6 Å². The summed E-state index contributed by atoms with van der Waals surface area (Å²) >= 11 is 0. The van der Waals surface area contributed by atoms with E-state index in [9.17, 15) is 19.5 Å². The van der Waals surface area contributed by atoms with Crippen LogP contribution in [0.4, 0.5) is 4.79 Å². The Kier molecular flexibility index (Phi) is 7.01. The van der Waals surface area contributed by atoms with E-state index in [0.29, 0.717) is 5.56 Å². The average Bonchev–Trinajstić information content (AvgIpc) is 3.17. The van der Waals surface area contributed by atoms with Crippen LogP contribution in [0.2, 0.25) is 0 Å². The molecule has 3 aromatic rings. The minimum absolute atomic E-state index is 0.0683. The Balaban J connectivity index is 1.46. The molecule has 0 heterocycles. The molecule has 0 aromatic heterocycles. The molecular weight excluding hydrogens is 448 g/mol. The number of rotatable bonds is 8. The van der Waals surface area contributed by atoms with E-state index in [-0.39, 0.29) is 24.7 Å². The van der Waals surface area contributed by atoms with Gasteiger partial charge in [0.1, 0.15) is 24.4 Å². The topological polar surface area (TPSA) is 125 Å². The van der Waals surface area contributed by atoms with E-state index >= 15 is 0 Å². The number of benzene rings is 3. The van der Waals surface area contributed by atoms with Gasteiger partial charge < -0.3 is 25.6 Å². The molecule has 180 valence electrons. The van der Waals surface area contributed by atoms with Crippen molar-refractivity contribution in [2.75, 3.05) is 6.61 Å². The van der Waals surface area contributed by atoms with Crippen LogP contribution in [0.15, 0.2) is 72.8 Å². The number of carbonyl (C=O) groups is 3. The Morgan fingerprint density at radius 3 is 2.03 bits per heavy atom. The van der Waals surface area contributed by atoms with Crippen LogP contribution in [0, 0.1) is 0 Å². The lowest BCUT2D eigenvalue weighted by Crippen LogP contribution is -2.51. The Labute approximate surface area is 202 Å². The smallest absolute Gasteiger partial charge is 0.407 e. The normalized spacial score (nSPS) is 13.7. The van der Waals surface area contributed by atoms with E-state index in [1.54, 1.807) is 12.1 Å². The molecule has 1 aliphatic carbocycles. The summed E-state index contributed by atoms with van der Waals surface area (Å²) in [5.74, 6) is -1.91. The maximum atomic E-state index is 12.8. The Morgan fingerprint density at radius 1 is 0.886 bits per heavy atom. The molecule has 35 heavy (non-hydrogen) atoms. The molecular formula is C27H26N2O6. The highest BCUT2D eigenvalue weighted by Crippen LogP contribution is 2.44. The second-order valence-corrected chi connectivity index (χ2v) is 8.46. The van der Waals surface area contributed by atoms with Crippen molar-refractivity contribution in [3.63, 3.8) is 0 Å². The fourth-order valence-electron chi connectivity index (χ4n) is 4.24. The van der Waals surface area contributed by atoms with Gasteiger partial charge in [0.05, 0.1) is 0 Å². The van der Waals surface area contributed by atoms with Crippen molar-refractivity contribution >= 4 is 18.0 Å². The number of carboxylic acid groups (broad SMARTS) is 1. The molecule has 0 saturated carbocycles. The van der Waals surface area contributed by atoms with Crippen LogP contribution in [0.5, 0.6) is 5.75 Å². The fourth-order valence-corrected chi connectivity index (χ4v) is 4.24. The predicted molar refractivity (Wildman–Crippen MR) is 129 cm³/mol. The minimum atomic E-state index is -1.19. The number of nitrogens with one attached hydrogen (secondary N) is 2. The average molecular weight is 475 g/mol. The first-order valence-electron chi connectivity index (χ1n) is 11.3. The van der Waals surface area contributed by atoms with Gasteiger partial charge in [-0.3, -0.25) is 9.59 Å². The minimum Gasteiger partial charge on any atom is -0.508 e. The number of amides is 2. The Morgan fingerprint density at radius 2 is 1.46 bits per heavy atom. The van der Waals surface area contributed by atoms with E-state index in [0.717, 1.165) is 22.3 Å². The third kappa shape index (κ3) is 5.43. The van der Waals surface area contributed by atoms with Gasteiger partial charge in [0.15, 0.2) is 0 Å². The van der Waals surface area contributed by atoms with Crippen molar-refractivity contribution in [2.24, 2.45) is 0 Å². The van der Waals surface area contributed by atoms with Gasteiger partial charge >= 0.3 is 12.1 Å². The van der Waals surface area contributed by atoms with E-state index in [1.807, 2.05) is 48.5 Å². The molecule has 8 nitrogen and oxygen atoms in total. The SMILES string of the molecule is C[C@H](NC(=O)[C@@H](Cc1ccc(O)cc1)NC(=O)OCC1c2ccccc2-c2ccccc21)C(=O)O. The molecule has 0 aliphatic heterocycles. The lowest BCUT2D eigenvalue weighted by molar-refractivity contribution is -0.141. The van der Waals surface area contributed by atoms with Crippen molar-refractivity contribution in [3.8, 4) is 16.9 Å². The third-order valence-corrected chi connectivity index (χ3v) is 6.06. The van der Waals surface area contributed by atoms with Gasteiger partial charge in [0.2, 0.25) is 5.91 Å². The molecule has 2 atom stereocenters. The molecule has 4 rings (SSSR count). The van der Waals surface area contributed by atoms with Crippen LogP contribution in [0.3, 0.4) is 0 Å². The molecule has 0 fully saturated rings. The van der Waals surface area contributed by atoms with Gasteiger partial charge in [-0.1, -0.05) is 60.7 Å². The number of carboxylic acids is 1. The highest BCUT2D eigenvalue weighted by molar-refractivity contribution is 5.89. The lowest BCUT2D eigenvalue weighted by atomic mass is 9.98. The number of carbonyl (C=O) groups excluding carboxylic acids is 2. The number of hydrogen-bond acceptors (Lipinski definition) is 5. The van der Waals surface area contributed by atoms with Crippen molar-refractivity contribution < 1.29 is 29.3 Å². The van der Waals surface area contributed by atoms with Gasteiger partial charge in [-0.05, 0) is 46.9 Å². The quantitative estimate of drug-likeness (QED) is 0.396. The molecule has 0 radical (unpaired) electrons. The summed E-state index contributed by atoms with van der Waals surface area (Å²) in [6, 6.07) is 19.9. The molecule has 2 amide bonds. The number of alkyl carbamates (subject to hydrolysis) is 1. The number of hydrogen-bond donors (Lipinski definition) is 4. The molecule has 0 spiro atoms. The molecule has 0 bridgehead atoms. The number of phenolic OH excluding ortho intramolecular Hbond substituents is 1. The number of aliphatic carboxylic acids is 1. The number of aromatic hydroxyl groups is 1. The molecule has 8 heteroatoms. The van der Waals surface area contributed by atoms with Crippen LogP contribution in [-0.2, 0) is 20.7 Å². The van der Waals surface area contributed by atoms with Gasteiger partial charge in [0, 0.05) is 12.3 Å². The van der Waals surface area contributed by atoms with Crippen LogP contribution < -0.4 is 10.6 Å². The first-order valence-corrected chi connectivity index (χ1v) is 11.3. The molecule has 1 aliphatic rings. The maximum Gasteiger partial charge on any atom is 0.407 e. The van der Waals surface area contributed by atoms with Gasteiger partial charge in [-0.2, -0.15) is 0 Å². The summed E-state index contributed by atoms with van der Waals surface area (Å²) in [7, 11) is 0. The van der Waals surface area contributed by atoms with Crippen LogP contribution in [0.1, 0.15) is 29.5 Å². The van der Waals surface area contributed by atoms with Gasteiger partial charge in [0.25, 0.3) is 0 Å². The molecule has 0 unspecified atom stereocenters. The predicted octanol–water partition coefficient (Wildman–Crippen LogP) is 3.43. The zero-order valence-corrected chi connectivity index (χ0v) is 19.1.